The maximum atomic E-state index is 11.3. The lowest BCUT2D eigenvalue weighted by Crippen LogP contribution is -2.16. The van der Waals surface area contributed by atoms with Gasteiger partial charge in [-0.05, 0) is 23.7 Å². The Hall–Kier alpha value is -1.26. The molecule has 0 saturated heterocycles. The number of nitrogens with zero attached hydrogens (tertiary/aromatic N) is 1. The van der Waals surface area contributed by atoms with Gasteiger partial charge in [0.15, 0.2) is 0 Å². The lowest BCUT2D eigenvalue weighted by molar-refractivity contribution is 0.302. The van der Waals surface area contributed by atoms with E-state index in [2.05, 4.69) is 0 Å². The Bertz CT molecular complexity index is 506. The SMILES string of the molecule is O=c1cc(Cl)sn1CCOc1ccccc1. The first-order valence-electron chi connectivity index (χ1n) is 4.80. The van der Waals surface area contributed by atoms with Gasteiger partial charge in [-0.25, -0.2) is 0 Å². The summed E-state index contributed by atoms with van der Waals surface area (Å²) in [6.07, 6.45) is 0. The smallest absolute Gasteiger partial charge is 0.262 e. The topological polar surface area (TPSA) is 31.2 Å². The largest absolute Gasteiger partial charge is 0.492 e. The summed E-state index contributed by atoms with van der Waals surface area (Å²) in [4.78, 5) is 11.3. The fraction of sp³-hybridized carbons (Fsp3) is 0.182. The summed E-state index contributed by atoms with van der Waals surface area (Å²) in [5.41, 5.74) is -0.0772. The molecule has 1 aromatic heterocycles. The molecule has 16 heavy (non-hydrogen) atoms. The quantitative estimate of drug-likeness (QED) is 0.841. The van der Waals surface area contributed by atoms with Crippen LogP contribution in [0.15, 0.2) is 41.2 Å². The van der Waals surface area contributed by atoms with Crippen molar-refractivity contribution in [2.75, 3.05) is 6.61 Å². The first kappa shape index (κ1) is 11.2. The van der Waals surface area contributed by atoms with Crippen molar-refractivity contribution in [3.63, 3.8) is 0 Å². The van der Waals surface area contributed by atoms with E-state index in [1.54, 1.807) is 3.96 Å². The first-order chi connectivity index (χ1) is 7.75. The Balaban J connectivity index is 1.89. The molecule has 0 aliphatic heterocycles. The van der Waals surface area contributed by atoms with E-state index < -0.39 is 0 Å². The van der Waals surface area contributed by atoms with E-state index in [0.29, 0.717) is 17.5 Å². The Kier molecular flexibility index (Phi) is 3.64. The van der Waals surface area contributed by atoms with E-state index in [0.717, 1.165) is 5.75 Å². The summed E-state index contributed by atoms with van der Waals surface area (Å²) in [5.74, 6) is 0.804. The normalized spacial score (nSPS) is 10.3. The van der Waals surface area contributed by atoms with Crippen LogP contribution in [-0.4, -0.2) is 10.6 Å². The van der Waals surface area contributed by atoms with Crippen LogP contribution in [0.3, 0.4) is 0 Å². The van der Waals surface area contributed by atoms with Crippen molar-refractivity contribution in [3.8, 4) is 5.75 Å². The third-order valence-electron chi connectivity index (χ3n) is 1.99. The molecule has 0 N–H and O–H groups in total. The van der Waals surface area contributed by atoms with Crippen molar-refractivity contribution in [3.05, 3.63) is 51.1 Å². The number of aromatic nitrogens is 1. The van der Waals surface area contributed by atoms with Gasteiger partial charge in [-0.3, -0.25) is 8.75 Å². The van der Waals surface area contributed by atoms with Crippen LogP contribution >= 0.6 is 23.1 Å². The third-order valence-corrected chi connectivity index (χ3v) is 3.18. The standard InChI is InChI=1S/C11H10ClNO2S/c12-10-8-11(14)13(16-10)6-7-15-9-4-2-1-3-5-9/h1-5,8H,6-7H2. The lowest BCUT2D eigenvalue weighted by Gasteiger charge is -2.05. The Morgan fingerprint density at radius 1 is 1.31 bits per heavy atom. The van der Waals surface area contributed by atoms with Crippen molar-refractivity contribution in [2.45, 2.75) is 6.54 Å². The van der Waals surface area contributed by atoms with Gasteiger partial charge >= 0.3 is 0 Å². The summed E-state index contributed by atoms with van der Waals surface area (Å²) in [6.45, 7) is 0.978. The average molecular weight is 256 g/mol. The Labute approximate surface area is 102 Å². The summed E-state index contributed by atoms with van der Waals surface area (Å²) >= 11 is 6.96. The highest BCUT2D eigenvalue weighted by Gasteiger charge is 2.01. The molecule has 2 aromatic rings. The highest BCUT2D eigenvalue weighted by Crippen LogP contribution is 2.12. The number of para-hydroxylation sites is 1. The molecule has 0 aliphatic carbocycles. The minimum absolute atomic E-state index is 0.0772. The molecule has 1 heterocycles. The molecule has 0 radical (unpaired) electrons. The van der Waals surface area contributed by atoms with E-state index in [1.165, 1.54) is 17.6 Å². The average Bonchev–Trinajstić information content (AvgIpc) is 2.59. The van der Waals surface area contributed by atoms with Gasteiger partial charge in [0.2, 0.25) is 0 Å². The van der Waals surface area contributed by atoms with E-state index in [1.807, 2.05) is 30.3 Å². The second-order valence-electron chi connectivity index (χ2n) is 3.14. The van der Waals surface area contributed by atoms with E-state index in [-0.39, 0.29) is 5.56 Å². The number of ether oxygens (including phenoxy) is 1. The third kappa shape index (κ3) is 2.87. The van der Waals surface area contributed by atoms with Gasteiger partial charge in [-0.1, -0.05) is 29.8 Å². The van der Waals surface area contributed by atoms with Gasteiger partial charge in [-0.15, -0.1) is 0 Å². The number of benzene rings is 1. The van der Waals surface area contributed by atoms with Crippen molar-refractivity contribution in [2.24, 2.45) is 0 Å². The van der Waals surface area contributed by atoms with Crippen LogP contribution in [0.1, 0.15) is 0 Å². The highest BCUT2D eigenvalue weighted by molar-refractivity contribution is 7.11. The minimum Gasteiger partial charge on any atom is -0.492 e. The number of rotatable bonds is 4. The summed E-state index contributed by atoms with van der Waals surface area (Å²) in [6, 6.07) is 10.9. The zero-order valence-electron chi connectivity index (χ0n) is 8.43. The van der Waals surface area contributed by atoms with E-state index >= 15 is 0 Å². The van der Waals surface area contributed by atoms with Gasteiger partial charge in [0, 0.05) is 6.07 Å². The van der Waals surface area contributed by atoms with Gasteiger partial charge < -0.3 is 4.74 Å². The zero-order valence-corrected chi connectivity index (χ0v) is 10.0. The molecule has 0 fully saturated rings. The summed E-state index contributed by atoms with van der Waals surface area (Å²) < 4.78 is 7.56. The maximum absolute atomic E-state index is 11.3. The number of halogens is 1. The molecule has 3 nitrogen and oxygen atoms in total. The zero-order chi connectivity index (χ0) is 11.4. The molecule has 84 valence electrons. The van der Waals surface area contributed by atoms with Gasteiger partial charge in [-0.2, -0.15) is 0 Å². The molecular weight excluding hydrogens is 246 g/mol. The van der Waals surface area contributed by atoms with Crippen LogP contribution in [0.25, 0.3) is 0 Å². The highest BCUT2D eigenvalue weighted by atomic mass is 35.5. The van der Waals surface area contributed by atoms with Crippen molar-refractivity contribution in [1.29, 1.82) is 0 Å². The Morgan fingerprint density at radius 2 is 2.06 bits per heavy atom. The molecule has 0 bridgehead atoms. The lowest BCUT2D eigenvalue weighted by atomic mass is 10.3. The molecule has 0 spiro atoms. The van der Waals surface area contributed by atoms with Crippen LogP contribution < -0.4 is 10.3 Å². The number of hydrogen-bond donors (Lipinski definition) is 0. The fourth-order valence-electron chi connectivity index (χ4n) is 1.26. The predicted molar refractivity (Wildman–Crippen MR) is 65.5 cm³/mol. The molecule has 0 amide bonds. The van der Waals surface area contributed by atoms with Crippen LogP contribution in [0.2, 0.25) is 4.34 Å². The van der Waals surface area contributed by atoms with Crippen molar-refractivity contribution >= 4 is 23.1 Å². The number of hydrogen-bond acceptors (Lipinski definition) is 3. The van der Waals surface area contributed by atoms with E-state index in [4.69, 9.17) is 16.3 Å². The molecule has 2 rings (SSSR count). The molecule has 0 atom stereocenters. The second kappa shape index (κ2) is 5.18. The molecule has 1 aromatic carbocycles. The van der Waals surface area contributed by atoms with Gasteiger partial charge in [0.1, 0.15) is 16.7 Å². The van der Waals surface area contributed by atoms with Crippen LogP contribution in [0.5, 0.6) is 5.75 Å². The summed E-state index contributed by atoms with van der Waals surface area (Å²) in [5, 5.41) is 0. The summed E-state index contributed by atoms with van der Waals surface area (Å²) in [7, 11) is 0. The molecule has 5 heteroatoms. The van der Waals surface area contributed by atoms with E-state index in [9.17, 15) is 4.79 Å². The van der Waals surface area contributed by atoms with Gasteiger partial charge in [0.25, 0.3) is 5.56 Å². The predicted octanol–water partition coefficient (Wildman–Crippen LogP) is 2.64. The fourth-order valence-corrected chi connectivity index (χ4v) is 2.28. The Morgan fingerprint density at radius 3 is 2.69 bits per heavy atom. The first-order valence-corrected chi connectivity index (χ1v) is 5.95. The van der Waals surface area contributed by atoms with Crippen LogP contribution in [0, 0.1) is 0 Å². The maximum Gasteiger partial charge on any atom is 0.262 e. The molecule has 0 saturated carbocycles. The van der Waals surface area contributed by atoms with Crippen molar-refractivity contribution in [1.82, 2.24) is 3.96 Å². The molecular formula is C11H10ClNO2S. The van der Waals surface area contributed by atoms with Crippen LogP contribution in [-0.2, 0) is 6.54 Å². The minimum atomic E-state index is -0.0772. The van der Waals surface area contributed by atoms with Crippen LogP contribution in [0.4, 0.5) is 0 Å². The molecule has 0 aliphatic rings. The second-order valence-corrected chi connectivity index (χ2v) is 4.84. The van der Waals surface area contributed by atoms with Gasteiger partial charge in [0.05, 0.1) is 6.54 Å². The monoisotopic (exact) mass is 255 g/mol. The molecule has 0 unspecified atom stereocenters. The van der Waals surface area contributed by atoms with Crippen molar-refractivity contribution < 1.29 is 4.74 Å².